The lowest BCUT2D eigenvalue weighted by Crippen LogP contribution is -2.29. The molecule has 1 N–H and O–H groups in total. The van der Waals surface area contributed by atoms with Crippen LogP contribution in [0, 0.1) is 5.82 Å². The average Bonchev–Trinajstić information content (AvgIpc) is 3.26. The first-order valence-electron chi connectivity index (χ1n) is 10.5. The number of hydrogen-bond acceptors (Lipinski definition) is 4. The minimum Gasteiger partial charge on any atom is -0.327 e. The molecule has 1 aliphatic heterocycles. The summed E-state index contributed by atoms with van der Waals surface area (Å²) in [6, 6.07) is 21.4. The highest BCUT2D eigenvalue weighted by Gasteiger charge is 2.22. The molecule has 31 heavy (non-hydrogen) atoms. The van der Waals surface area contributed by atoms with Crippen molar-refractivity contribution >= 4 is 11.8 Å². The molecule has 0 amide bonds. The molecular formula is C25H23FN4S. The van der Waals surface area contributed by atoms with Gasteiger partial charge in [0, 0.05) is 28.3 Å². The van der Waals surface area contributed by atoms with Crippen LogP contribution in [0.1, 0.15) is 18.9 Å². The monoisotopic (exact) mass is 430 g/mol. The fourth-order valence-electron chi connectivity index (χ4n) is 4.05. The summed E-state index contributed by atoms with van der Waals surface area (Å²) in [4.78, 5) is 10.5. The topological polar surface area (TPSA) is 42.7 Å². The lowest BCUT2D eigenvalue weighted by molar-refractivity contribution is 0.370. The Balaban J connectivity index is 1.58. The summed E-state index contributed by atoms with van der Waals surface area (Å²) < 4.78 is 15.8. The van der Waals surface area contributed by atoms with Gasteiger partial charge in [-0.3, -0.25) is 0 Å². The van der Waals surface area contributed by atoms with Crippen molar-refractivity contribution in [1.29, 1.82) is 0 Å². The Morgan fingerprint density at radius 1 is 0.903 bits per heavy atom. The summed E-state index contributed by atoms with van der Waals surface area (Å²) in [7, 11) is 0. The second-order valence-electron chi connectivity index (χ2n) is 7.63. The van der Waals surface area contributed by atoms with E-state index < -0.39 is 0 Å². The predicted octanol–water partition coefficient (Wildman–Crippen LogP) is 5.83. The summed E-state index contributed by atoms with van der Waals surface area (Å²) in [6.07, 6.45) is 5.91. The van der Waals surface area contributed by atoms with Crippen molar-refractivity contribution in [3.63, 3.8) is 0 Å². The molecule has 0 spiro atoms. The quantitative estimate of drug-likeness (QED) is 0.433. The molecule has 0 bridgehead atoms. The zero-order valence-electron chi connectivity index (χ0n) is 17.0. The molecule has 0 aliphatic carbocycles. The van der Waals surface area contributed by atoms with E-state index in [-0.39, 0.29) is 5.82 Å². The number of hydrogen-bond donors (Lipinski definition) is 1. The van der Waals surface area contributed by atoms with Gasteiger partial charge in [-0.05, 0) is 74.5 Å². The highest BCUT2D eigenvalue weighted by Crippen LogP contribution is 2.37. The van der Waals surface area contributed by atoms with Gasteiger partial charge >= 0.3 is 0 Å². The Hall–Kier alpha value is -2.96. The molecule has 4 aromatic rings. The SMILES string of the molecule is Fc1ccc(-c2ncn(C3CCNCC3)c2-c2ccnc(Sc3ccccc3)c2)cc1. The van der Waals surface area contributed by atoms with Crippen LogP contribution in [0.4, 0.5) is 4.39 Å². The Labute approximate surface area is 185 Å². The average molecular weight is 431 g/mol. The van der Waals surface area contributed by atoms with E-state index in [0.717, 1.165) is 58.4 Å². The molecule has 0 unspecified atom stereocenters. The van der Waals surface area contributed by atoms with Crippen LogP contribution < -0.4 is 5.32 Å². The van der Waals surface area contributed by atoms with Gasteiger partial charge in [0.15, 0.2) is 0 Å². The highest BCUT2D eigenvalue weighted by atomic mass is 32.2. The molecule has 2 aromatic heterocycles. The van der Waals surface area contributed by atoms with Gasteiger partial charge in [0.05, 0.1) is 17.7 Å². The summed E-state index contributed by atoms with van der Waals surface area (Å²) in [6.45, 7) is 2.00. The molecule has 6 heteroatoms. The fraction of sp³-hybridized carbons (Fsp3) is 0.200. The molecule has 0 atom stereocenters. The van der Waals surface area contributed by atoms with Crippen molar-refractivity contribution < 1.29 is 4.39 Å². The summed E-state index contributed by atoms with van der Waals surface area (Å²) in [5.74, 6) is -0.242. The maximum Gasteiger partial charge on any atom is 0.123 e. The van der Waals surface area contributed by atoms with Crippen molar-refractivity contribution in [3.05, 3.63) is 85.1 Å². The lowest BCUT2D eigenvalue weighted by Gasteiger charge is -2.26. The van der Waals surface area contributed by atoms with Gasteiger partial charge in [0.2, 0.25) is 0 Å². The molecule has 5 rings (SSSR count). The number of halogens is 1. The van der Waals surface area contributed by atoms with E-state index in [1.54, 1.807) is 23.9 Å². The Kier molecular flexibility index (Phi) is 5.82. The van der Waals surface area contributed by atoms with E-state index in [1.165, 1.54) is 12.1 Å². The lowest BCUT2D eigenvalue weighted by atomic mass is 10.0. The van der Waals surface area contributed by atoms with Crippen LogP contribution in [0.3, 0.4) is 0 Å². The number of rotatable bonds is 5. The van der Waals surface area contributed by atoms with Crippen molar-refractivity contribution in [2.45, 2.75) is 28.8 Å². The zero-order valence-corrected chi connectivity index (χ0v) is 17.9. The number of nitrogens with zero attached hydrogens (tertiary/aromatic N) is 3. The van der Waals surface area contributed by atoms with Gasteiger partial charge in [0.1, 0.15) is 10.8 Å². The molecule has 1 saturated heterocycles. The molecular weight excluding hydrogens is 407 g/mol. The van der Waals surface area contributed by atoms with E-state index in [2.05, 4.69) is 33.1 Å². The zero-order chi connectivity index (χ0) is 21.0. The number of benzene rings is 2. The van der Waals surface area contributed by atoms with Gasteiger partial charge < -0.3 is 9.88 Å². The molecule has 156 valence electrons. The molecule has 2 aromatic carbocycles. The van der Waals surface area contributed by atoms with Gasteiger partial charge in [0.25, 0.3) is 0 Å². The van der Waals surface area contributed by atoms with Crippen LogP contribution in [0.5, 0.6) is 0 Å². The number of pyridine rings is 1. The van der Waals surface area contributed by atoms with E-state index in [0.29, 0.717) is 6.04 Å². The summed E-state index contributed by atoms with van der Waals surface area (Å²) >= 11 is 1.64. The van der Waals surface area contributed by atoms with E-state index in [1.807, 2.05) is 36.8 Å². The van der Waals surface area contributed by atoms with Crippen LogP contribution in [0.15, 0.2) is 89.2 Å². The minimum absolute atomic E-state index is 0.242. The molecule has 3 heterocycles. The Morgan fingerprint density at radius 3 is 2.45 bits per heavy atom. The number of nitrogens with one attached hydrogen (secondary N) is 1. The number of imidazole rings is 1. The maximum atomic E-state index is 13.5. The standard InChI is InChI=1S/C25H23FN4S/c26-20-8-6-18(7-9-20)24-25(30(17-29-24)21-11-13-27-14-12-21)19-10-15-28-23(16-19)31-22-4-2-1-3-5-22/h1-10,15-17,21,27H,11-14H2. The second-order valence-corrected chi connectivity index (χ2v) is 8.73. The van der Waals surface area contributed by atoms with E-state index >= 15 is 0 Å². The Bertz CT molecular complexity index is 1150. The summed E-state index contributed by atoms with van der Waals surface area (Å²) in [5, 5.41) is 4.37. The predicted molar refractivity (Wildman–Crippen MR) is 123 cm³/mol. The first-order valence-corrected chi connectivity index (χ1v) is 11.3. The van der Waals surface area contributed by atoms with Crippen molar-refractivity contribution in [2.75, 3.05) is 13.1 Å². The molecule has 1 fully saturated rings. The number of piperidine rings is 1. The fourth-order valence-corrected chi connectivity index (χ4v) is 4.88. The van der Waals surface area contributed by atoms with Gasteiger partial charge in [-0.15, -0.1) is 0 Å². The molecule has 0 saturated carbocycles. The van der Waals surface area contributed by atoms with Gasteiger partial charge in [-0.2, -0.15) is 0 Å². The van der Waals surface area contributed by atoms with Crippen LogP contribution >= 0.6 is 11.8 Å². The molecule has 0 radical (unpaired) electrons. The first kappa shape index (κ1) is 20.0. The largest absolute Gasteiger partial charge is 0.327 e. The van der Waals surface area contributed by atoms with Crippen molar-refractivity contribution in [1.82, 2.24) is 19.9 Å². The highest BCUT2D eigenvalue weighted by molar-refractivity contribution is 7.99. The minimum atomic E-state index is -0.242. The summed E-state index contributed by atoms with van der Waals surface area (Å²) in [5.41, 5.74) is 3.93. The third kappa shape index (κ3) is 4.40. The Morgan fingerprint density at radius 2 is 1.68 bits per heavy atom. The molecule has 4 nitrogen and oxygen atoms in total. The normalized spacial score (nSPS) is 14.6. The maximum absolute atomic E-state index is 13.5. The number of aromatic nitrogens is 3. The van der Waals surface area contributed by atoms with E-state index in [9.17, 15) is 4.39 Å². The van der Waals surface area contributed by atoms with Crippen LogP contribution in [0.2, 0.25) is 0 Å². The van der Waals surface area contributed by atoms with Gasteiger partial charge in [-0.25, -0.2) is 14.4 Å². The first-order chi connectivity index (χ1) is 15.3. The smallest absolute Gasteiger partial charge is 0.123 e. The second kappa shape index (κ2) is 9.04. The third-order valence-corrected chi connectivity index (χ3v) is 6.53. The van der Waals surface area contributed by atoms with E-state index in [4.69, 9.17) is 4.98 Å². The van der Waals surface area contributed by atoms with Crippen LogP contribution in [-0.2, 0) is 0 Å². The van der Waals surface area contributed by atoms with Crippen molar-refractivity contribution in [3.8, 4) is 22.5 Å². The van der Waals surface area contributed by atoms with Crippen molar-refractivity contribution in [2.24, 2.45) is 0 Å². The van der Waals surface area contributed by atoms with Crippen LogP contribution in [0.25, 0.3) is 22.5 Å². The molecule has 1 aliphatic rings. The third-order valence-electron chi connectivity index (χ3n) is 5.59. The van der Waals surface area contributed by atoms with Crippen LogP contribution in [-0.4, -0.2) is 27.6 Å². The van der Waals surface area contributed by atoms with Gasteiger partial charge in [-0.1, -0.05) is 30.0 Å².